The molecule has 10 amide bonds. The lowest BCUT2D eigenvalue weighted by Gasteiger charge is -2.29. The number of unbranched alkanes of at least 4 members (excludes halogenated alkanes) is 2. The van der Waals surface area contributed by atoms with Gasteiger partial charge in [-0.1, -0.05) is 57.5 Å². The van der Waals surface area contributed by atoms with Crippen molar-refractivity contribution >= 4 is 100 Å². The van der Waals surface area contributed by atoms with Crippen molar-refractivity contribution in [3.63, 3.8) is 0 Å². The van der Waals surface area contributed by atoms with Crippen LogP contribution < -0.4 is 27.0 Å². The molecule has 3 fully saturated rings. The van der Waals surface area contributed by atoms with E-state index in [1.165, 1.54) is 37.7 Å². The van der Waals surface area contributed by atoms with Crippen molar-refractivity contribution < 1.29 is 81.4 Å². The SMILES string of the molecule is CC(=O)C(CCCCNC(=O)CN1C(=O)CC(C)C1=O)NC(=O)CN1C(=O)CC(C)C1=O.CCN1C(=O)CC(C)C1=O.CNCCCCC(NC)C(C)=O.COC(=O)CN(Cc1ccccc1)C(=O)CN(CC(C)=O)C(=O)OC(C)(C)C.CSCC(N)C(C)=O. The number of carbonyl (C=O) groups is 15. The van der Waals surface area contributed by atoms with Crippen LogP contribution >= 0.6 is 11.8 Å². The standard InChI is InChI=1S/C21H30N4O7.C20H28N2O6.C9H20N2O.C7H11NO2.C5H11NOS/c1-12-8-18(29)24(20(12)31)10-16(27)22-7-5-4-6-15(14(3)26)23-17(28)11-25-19(30)9-13(2)21(25)32;1-15(23)11-22(19(26)28-20(2,3)4)13-17(24)21(14-18(25)27-5)12-16-9-7-6-8-10-16;1-8(12)9(11-3)6-4-5-7-10-2;1-3-8-6(9)4-5(2)7(8)10;1-4(7)5(6)3-8-2/h12-13,15H,4-11H2,1-3H3,(H,22,27)(H,23,28);6-10H,11-14H2,1-5H3;9-11H,4-7H2,1-3H3;5H,3-4H2,1-2H3;5H,3,6H2,1-2H3. The number of amides is 10. The number of hydrogen-bond donors (Lipinski definition) is 5. The summed E-state index contributed by atoms with van der Waals surface area (Å²) < 4.78 is 9.93. The van der Waals surface area contributed by atoms with Crippen molar-refractivity contribution in [2.24, 2.45) is 23.5 Å². The van der Waals surface area contributed by atoms with E-state index in [1.807, 2.05) is 57.6 Å². The van der Waals surface area contributed by atoms with Gasteiger partial charge in [0.2, 0.25) is 53.2 Å². The Morgan fingerprint density at radius 1 is 0.656 bits per heavy atom. The molecule has 90 heavy (non-hydrogen) atoms. The van der Waals surface area contributed by atoms with E-state index in [-0.39, 0.29) is 110 Å². The highest BCUT2D eigenvalue weighted by Crippen LogP contribution is 2.20. The fourth-order valence-corrected chi connectivity index (χ4v) is 9.26. The molecule has 1 aromatic carbocycles. The first-order valence-corrected chi connectivity index (χ1v) is 31.5. The maximum absolute atomic E-state index is 12.8. The van der Waals surface area contributed by atoms with Crippen molar-refractivity contribution in [1.82, 2.24) is 45.8 Å². The third kappa shape index (κ3) is 33.0. The van der Waals surface area contributed by atoms with Crippen LogP contribution in [0.15, 0.2) is 30.3 Å². The summed E-state index contributed by atoms with van der Waals surface area (Å²) in [6.45, 7) is 18.1. The Kier molecular flexibility index (Phi) is 39.9. The molecule has 0 aliphatic carbocycles. The predicted molar refractivity (Wildman–Crippen MR) is 337 cm³/mol. The Hall–Kier alpha value is -7.30. The summed E-state index contributed by atoms with van der Waals surface area (Å²) in [6.07, 6.45) is 6.31. The number of imide groups is 3. The number of hydrogen-bond acceptors (Lipinski definition) is 21. The Morgan fingerprint density at radius 3 is 1.51 bits per heavy atom. The van der Waals surface area contributed by atoms with E-state index in [0.717, 1.165) is 51.8 Å². The normalized spacial score (nSPS) is 16.9. The second kappa shape index (κ2) is 43.4. The van der Waals surface area contributed by atoms with Crippen LogP contribution in [0.25, 0.3) is 0 Å². The molecule has 6 atom stereocenters. The van der Waals surface area contributed by atoms with E-state index in [0.29, 0.717) is 32.2 Å². The van der Waals surface area contributed by atoms with E-state index in [4.69, 9.17) is 10.5 Å². The number of nitrogens with one attached hydrogen (secondary N) is 4. The van der Waals surface area contributed by atoms with E-state index >= 15 is 0 Å². The maximum Gasteiger partial charge on any atom is 0.411 e. The minimum absolute atomic E-state index is 0.0208. The van der Waals surface area contributed by atoms with Crippen molar-refractivity contribution in [1.29, 1.82) is 0 Å². The number of carbonyl (C=O) groups excluding carboxylic acids is 15. The minimum atomic E-state index is -0.773. The summed E-state index contributed by atoms with van der Waals surface area (Å²) in [7, 11) is 5.01. The molecule has 3 aliphatic rings. The summed E-state index contributed by atoms with van der Waals surface area (Å²) in [5.41, 5.74) is 5.40. The molecule has 6 N–H and O–H groups in total. The van der Waals surface area contributed by atoms with Gasteiger partial charge in [0.25, 0.3) is 0 Å². The fourth-order valence-electron chi connectivity index (χ4n) is 8.67. The molecule has 0 radical (unpaired) electrons. The number of ketones is 4. The average Bonchev–Trinajstić information content (AvgIpc) is 2.28. The van der Waals surface area contributed by atoms with Crippen LogP contribution in [0.2, 0.25) is 0 Å². The van der Waals surface area contributed by atoms with Crippen LogP contribution in [0.5, 0.6) is 0 Å². The van der Waals surface area contributed by atoms with Crippen LogP contribution in [-0.4, -0.2) is 222 Å². The van der Waals surface area contributed by atoms with Crippen LogP contribution in [0.3, 0.4) is 0 Å². The first-order chi connectivity index (χ1) is 42.1. The molecule has 4 rings (SSSR count). The smallest absolute Gasteiger partial charge is 0.411 e. The summed E-state index contributed by atoms with van der Waals surface area (Å²) in [5.74, 6) is -4.10. The molecule has 6 unspecified atom stereocenters. The summed E-state index contributed by atoms with van der Waals surface area (Å²) >= 11 is 1.59. The Labute approximate surface area is 534 Å². The van der Waals surface area contributed by atoms with E-state index in [9.17, 15) is 71.9 Å². The maximum atomic E-state index is 12.8. The number of esters is 1. The molecular weight excluding hydrogens is 1190 g/mol. The summed E-state index contributed by atoms with van der Waals surface area (Å²) in [6, 6.07) is 8.15. The highest BCUT2D eigenvalue weighted by Gasteiger charge is 2.38. The van der Waals surface area contributed by atoms with Gasteiger partial charge in [-0.05, 0) is 120 Å². The number of nitrogens with zero attached hydrogens (tertiary/aromatic N) is 5. The van der Waals surface area contributed by atoms with Crippen LogP contribution in [0, 0.1) is 17.8 Å². The topological polar surface area (TPSA) is 365 Å². The lowest BCUT2D eigenvalue weighted by molar-refractivity contribution is -0.147. The molecule has 0 spiro atoms. The van der Waals surface area contributed by atoms with Crippen molar-refractivity contribution in [2.45, 2.75) is 164 Å². The second-order valence-corrected chi connectivity index (χ2v) is 24.0. The van der Waals surface area contributed by atoms with Gasteiger partial charge in [0.15, 0.2) is 5.78 Å². The monoisotopic (exact) mass is 1290 g/mol. The number of rotatable bonds is 30. The predicted octanol–water partition coefficient (Wildman–Crippen LogP) is 2.37. The number of benzene rings is 1. The molecule has 1 aromatic rings. The van der Waals surface area contributed by atoms with Gasteiger partial charge in [-0.2, -0.15) is 11.8 Å². The number of nitrogens with two attached hydrogens (primary N) is 1. The van der Waals surface area contributed by atoms with Gasteiger partial charge in [0, 0.05) is 62.4 Å². The molecule has 3 heterocycles. The highest BCUT2D eigenvalue weighted by molar-refractivity contribution is 7.98. The first kappa shape index (κ1) is 82.7. The molecule has 0 bridgehead atoms. The quantitative estimate of drug-likeness (QED) is 0.0419. The minimum Gasteiger partial charge on any atom is -0.468 e. The molecule has 506 valence electrons. The number of thioether (sulfide) groups is 1. The number of Topliss-reactive ketones (excluding diaryl/α,β-unsaturated/α-hetero) is 4. The zero-order chi connectivity index (χ0) is 69.0. The highest BCUT2D eigenvalue weighted by atomic mass is 32.2. The van der Waals surface area contributed by atoms with Gasteiger partial charge in [-0.25, -0.2) is 4.79 Å². The van der Waals surface area contributed by atoms with Gasteiger partial charge >= 0.3 is 12.1 Å². The molecule has 0 aromatic heterocycles. The Morgan fingerprint density at radius 2 is 1.13 bits per heavy atom. The van der Waals surface area contributed by atoms with Gasteiger partial charge in [0.05, 0.1) is 31.8 Å². The largest absolute Gasteiger partial charge is 0.468 e. The first-order valence-electron chi connectivity index (χ1n) is 30.1. The fraction of sp³-hybridized carbons (Fsp3) is 0.661. The van der Waals surface area contributed by atoms with Gasteiger partial charge in [-0.3, -0.25) is 86.7 Å². The summed E-state index contributed by atoms with van der Waals surface area (Å²) in [4.78, 5) is 181. The van der Waals surface area contributed by atoms with Crippen LogP contribution in [0.1, 0.15) is 140 Å². The summed E-state index contributed by atoms with van der Waals surface area (Å²) in [5, 5.41) is 11.3. The van der Waals surface area contributed by atoms with Crippen molar-refractivity contribution in [3.05, 3.63) is 35.9 Å². The average molecular weight is 1290 g/mol. The third-order valence-electron chi connectivity index (χ3n) is 13.8. The molecule has 27 nitrogen and oxygen atoms in total. The molecular formula is C62H100N10O17S. The Bertz CT molecular complexity index is 2600. The third-order valence-corrected chi connectivity index (χ3v) is 14.5. The molecule has 0 saturated carbocycles. The lowest BCUT2D eigenvalue weighted by Crippen LogP contribution is -2.47. The number of ether oxygens (including phenoxy) is 2. The number of likely N-dealkylation sites (N-methyl/N-ethyl adjacent to an activating group) is 1. The van der Waals surface area contributed by atoms with E-state index < -0.39 is 78.2 Å². The van der Waals surface area contributed by atoms with E-state index in [2.05, 4.69) is 26.0 Å². The Balaban J connectivity index is 0.00000122. The van der Waals surface area contributed by atoms with Crippen LogP contribution in [0.4, 0.5) is 4.79 Å². The van der Waals surface area contributed by atoms with Gasteiger partial charge in [0.1, 0.15) is 49.1 Å². The van der Waals surface area contributed by atoms with Crippen molar-refractivity contribution in [2.75, 3.05) is 85.6 Å². The van der Waals surface area contributed by atoms with Crippen LogP contribution in [-0.2, 0) is 83.1 Å². The molecule has 3 aliphatic heterocycles. The molecule has 3 saturated heterocycles. The number of likely N-dealkylation sites (tertiary alicyclic amines) is 3. The van der Waals surface area contributed by atoms with Crippen molar-refractivity contribution in [3.8, 4) is 0 Å². The second-order valence-electron chi connectivity index (χ2n) is 23.1. The zero-order valence-corrected chi connectivity index (χ0v) is 56.3. The van der Waals surface area contributed by atoms with Gasteiger partial charge < -0.3 is 41.4 Å². The lowest BCUT2D eigenvalue weighted by atomic mass is 10.1. The zero-order valence-electron chi connectivity index (χ0n) is 55.4. The van der Waals surface area contributed by atoms with Gasteiger partial charge in [-0.15, -0.1) is 0 Å². The number of methoxy groups -OCH3 is 1. The molecule has 28 heteroatoms. The van der Waals surface area contributed by atoms with E-state index in [1.54, 1.807) is 60.2 Å².